The molecule has 0 saturated carbocycles. The summed E-state index contributed by atoms with van der Waals surface area (Å²) in [5, 5.41) is 11.6. The first-order chi connectivity index (χ1) is 9.45. The number of rotatable bonds is 4. The maximum absolute atomic E-state index is 11.8. The van der Waals surface area contributed by atoms with Crippen LogP contribution >= 0.6 is 0 Å². The number of amides is 1. The minimum absolute atomic E-state index is 0.265. The van der Waals surface area contributed by atoms with Gasteiger partial charge in [0, 0.05) is 23.9 Å². The molecular formula is C12H15N5O3. The number of carbonyl (C=O) groups excluding carboxylic acids is 1. The van der Waals surface area contributed by atoms with Crippen LogP contribution in [0.3, 0.4) is 0 Å². The zero-order valence-electron chi connectivity index (χ0n) is 11.1. The number of hydrogen-bond acceptors (Lipinski definition) is 4. The number of carbonyl (C=O) groups is 1. The topological polar surface area (TPSA) is 113 Å². The molecular weight excluding hydrogens is 262 g/mol. The summed E-state index contributed by atoms with van der Waals surface area (Å²) in [4.78, 5) is 34.3. The molecule has 3 N–H and O–H groups in total. The van der Waals surface area contributed by atoms with Gasteiger partial charge in [-0.3, -0.25) is 24.6 Å². The van der Waals surface area contributed by atoms with Crippen LogP contribution in [0.25, 0.3) is 0 Å². The van der Waals surface area contributed by atoms with Gasteiger partial charge < -0.3 is 5.32 Å². The average molecular weight is 277 g/mol. The number of anilines is 1. The van der Waals surface area contributed by atoms with E-state index in [9.17, 15) is 14.4 Å². The predicted octanol–water partition coefficient (Wildman–Crippen LogP) is 0.0218. The van der Waals surface area contributed by atoms with E-state index in [0.717, 1.165) is 22.5 Å². The number of nitrogens with one attached hydrogen (secondary N) is 3. The predicted molar refractivity (Wildman–Crippen MR) is 72.6 cm³/mol. The van der Waals surface area contributed by atoms with Crippen molar-refractivity contribution in [1.29, 1.82) is 0 Å². The van der Waals surface area contributed by atoms with Crippen molar-refractivity contribution in [2.75, 3.05) is 5.32 Å². The van der Waals surface area contributed by atoms with Gasteiger partial charge in [0.25, 0.3) is 11.1 Å². The maximum Gasteiger partial charge on any atom is 0.265 e. The van der Waals surface area contributed by atoms with Crippen LogP contribution in [0.1, 0.15) is 25.5 Å². The third-order valence-electron chi connectivity index (χ3n) is 2.68. The van der Waals surface area contributed by atoms with Crippen LogP contribution in [-0.2, 0) is 11.3 Å². The van der Waals surface area contributed by atoms with Gasteiger partial charge in [0.15, 0.2) is 5.82 Å². The fraction of sp³-hybridized carbons (Fsp3) is 0.333. The second-order valence-electron chi connectivity index (χ2n) is 4.65. The molecule has 1 amide bonds. The Hall–Kier alpha value is -2.64. The van der Waals surface area contributed by atoms with Gasteiger partial charge in [0.05, 0.1) is 0 Å². The highest BCUT2D eigenvalue weighted by Gasteiger charge is 2.09. The Kier molecular flexibility index (Phi) is 3.83. The number of nitrogens with zero attached hydrogens (tertiary/aromatic N) is 2. The van der Waals surface area contributed by atoms with E-state index in [4.69, 9.17) is 0 Å². The van der Waals surface area contributed by atoms with Crippen LogP contribution in [0, 0.1) is 0 Å². The van der Waals surface area contributed by atoms with E-state index in [2.05, 4.69) is 20.6 Å². The third-order valence-corrected chi connectivity index (χ3v) is 2.68. The molecule has 0 unspecified atom stereocenters. The van der Waals surface area contributed by atoms with Crippen LogP contribution in [0.4, 0.5) is 5.82 Å². The molecule has 20 heavy (non-hydrogen) atoms. The van der Waals surface area contributed by atoms with E-state index in [0.29, 0.717) is 5.82 Å². The molecule has 8 nitrogen and oxygen atoms in total. The lowest BCUT2D eigenvalue weighted by atomic mass is 10.1. The SMILES string of the molecule is CC(C)c1cc(NC(=O)Cn2[nH]c(=O)ccc2=O)n[nH]1. The molecule has 0 aliphatic carbocycles. The lowest BCUT2D eigenvalue weighted by Gasteiger charge is -2.04. The molecule has 0 aliphatic heterocycles. The van der Waals surface area contributed by atoms with Gasteiger partial charge >= 0.3 is 0 Å². The zero-order valence-corrected chi connectivity index (χ0v) is 11.1. The maximum atomic E-state index is 11.8. The molecule has 2 rings (SSSR count). The van der Waals surface area contributed by atoms with E-state index in [1.807, 2.05) is 13.8 Å². The van der Waals surface area contributed by atoms with Gasteiger partial charge in [0.2, 0.25) is 5.91 Å². The molecule has 0 aromatic carbocycles. The Morgan fingerprint density at radius 1 is 1.40 bits per heavy atom. The van der Waals surface area contributed by atoms with Crippen LogP contribution in [0.2, 0.25) is 0 Å². The molecule has 8 heteroatoms. The van der Waals surface area contributed by atoms with Crippen molar-refractivity contribution in [3.05, 3.63) is 44.6 Å². The smallest absolute Gasteiger partial charge is 0.265 e. The quantitative estimate of drug-likeness (QED) is 0.731. The first-order valence-corrected chi connectivity index (χ1v) is 6.11. The number of H-pyrrole nitrogens is 2. The second-order valence-corrected chi connectivity index (χ2v) is 4.65. The first-order valence-electron chi connectivity index (χ1n) is 6.11. The molecule has 2 aromatic rings. The van der Waals surface area contributed by atoms with Crippen LogP contribution in [0.15, 0.2) is 27.8 Å². The fourth-order valence-electron chi connectivity index (χ4n) is 1.60. The fourth-order valence-corrected chi connectivity index (χ4v) is 1.60. The van der Waals surface area contributed by atoms with Crippen molar-refractivity contribution >= 4 is 11.7 Å². The summed E-state index contributed by atoms with van der Waals surface area (Å²) >= 11 is 0. The van der Waals surface area contributed by atoms with E-state index < -0.39 is 17.0 Å². The Labute approximate surface area is 113 Å². The molecule has 0 radical (unpaired) electrons. The summed E-state index contributed by atoms with van der Waals surface area (Å²) in [6, 6.07) is 3.94. The molecule has 0 aliphatic rings. The Balaban J connectivity index is 2.07. The van der Waals surface area contributed by atoms with Crippen molar-refractivity contribution in [1.82, 2.24) is 20.0 Å². The van der Waals surface area contributed by atoms with Crippen LogP contribution in [0.5, 0.6) is 0 Å². The molecule has 0 spiro atoms. The summed E-state index contributed by atoms with van der Waals surface area (Å²) in [5.74, 6) is 0.196. The number of hydrogen-bond donors (Lipinski definition) is 3. The highest BCUT2D eigenvalue weighted by molar-refractivity contribution is 5.89. The monoisotopic (exact) mass is 277 g/mol. The van der Waals surface area contributed by atoms with E-state index in [1.54, 1.807) is 6.07 Å². The minimum Gasteiger partial charge on any atom is -0.308 e. The summed E-state index contributed by atoms with van der Waals surface area (Å²) in [6.45, 7) is 3.71. The number of aromatic nitrogens is 4. The van der Waals surface area contributed by atoms with Gasteiger partial charge in [-0.05, 0) is 5.92 Å². The van der Waals surface area contributed by atoms with Crippen molar-refractivity contribution in [3.8, 4) is 0 Å². The van der Waals surface area contributed by atoms with Gasteiger partial charge in [-0.1, -0.05) is 13.8 Å². The van der Waals surface area contributed by atoms with Crippen LogP contribution in [-0.4, -0.2) is 25.9 Å². The molecule has 0 atom stereocenters. The molecule has 0 saturated heterocycles. The first kappa shape index (κ1) is 13.8. The Morgan fingerprint density at radius 3 is 2.80 bits per heavy atom. The Morgan fingerprint density at radius 2 is 2.15 bits per heavy atom. The van der Waals surface area contributed by atoms with Gasteiger partial charge in [-0.15, -0.1) is 0 Å². The highest BCUT2D eigenvalue weighted by Crippen LogP contribution is 2.14. The summed E-state index contributed by atoms with van der Waals surface area (Å²) in [6.07, 6.45) is 0. The van der Waals surface area contributed by atoms with Crippen molar-refractivity contribution in [2.45, 2.75) is 26.3 Å². The van der Waals surface area contributed by atoms with Crippen molar-refractivity contribution in [3.63, 3.8) is 0 Å². The third kappa shape index (κ3) is 3.22. The van der Waals surface area contributed by atoms with E-state index in [1.165, 1.54) is 0 Å². The van der Waals surface area contributed by atoms with E-state index in [-0.39, 0.29) is 12.5 Å². The molecule has 2 heterocycles. The van der Waals surface area contributed by atoms with Gasteiger partial charge in [-0.2, -0.15) is 5.10 Å². The standard InChI is InChI=1S/C12H15N5O3/c1-7(2)8-5-9(15-14-8)13-11(19)6-17-12(20)4-3-10(18)16-17/h3-5,7H,6H2,1-2H3,(H,16,18)(H2,13,14,15,19). The van der Waals surface area contributed by atoms with Crippen molar-refractivity contribution in [2.24, 2.45) is 0 Å². The second kappa shape index (κ2) is 5.55. The minimum atomic E-state index is -0.454. The summed E-state index contributed by atoms with van der Waals surface area (Å²) in [7, 11) is 0. The Bertz CT molecular complexity index is 725. The molecule has 0 fully saturated rings. The summed E-state index contributed by atoms with van der Waals surface area (Å²) < 4.78 is 0.938. The lowest BCUT2D eigenvalue weighted by Crippen LogP contribution is -2.32. The molecule has 2 aromatic heterocycles. The highest BCUT2D eigenvalue weighted by atomic mass is 16.2. The number of aromatic amines is 2. The zero-order chi connectivity index (χ0) is 14.7. The van der Waals surface area contributed by atoms with Gasteiger partial charge in [-0.25, -0.2) is 4.68 Å². The molecule has 0 bridgehead atoms. The van der Waals surface area contributed by atoms with Crippen LogP contribution < -0.4 is 16.4 Å². The largest absolute Gasteiger partial charge is 0.308 e. The van der Waals surface area contributed by atoms with Crippen molar-refractivity contribution < 1.29 is 4.79 Å². The normalized spacial score (nSPS) is 10.8. The lowest BCUT2D eigenvalue weighted by molar-refractivity contribution is -0.117. The van der Waals surface area contributed by atoms with Gasteiger partial charge in [0.1, 0.15) is 6.54 Å². The molecule has 106 valence electrons. The van der Waals surface area contributed by atoms with E-state index >= 15 is 0 Å². The summed E-state index contributed by atoms with van der Waals surface area (Å²) in [5.41, 5.74) is -0.00510. The average Bonchev–Trinajstić information content (AvgIpc) is 2.82.